The van der Waals surface area contributed by atoms with Crippen LogP contribution >= 0.6 is 0 Å². The van der Waals surface area contributed by atoms with E-state index in [1.165, 1.54) is 6.92 Å². The second-order valence-corrected chi connectivity index (χ2v) is 6.00. The van der Waals surface area contributed by atoms with Gasteiger partial charge >= 0.3 is 5.97 Å². The number of amides is 1. The smallest absolute Gasteiger partial charge is 0.315 e. The lowest BCUT2D eigenvalue weighted by Gasteiger charge is -2.41. The van der Waals surface area contributed by atoms with Gasteiger partial charge in [0.15, 0.2) is 0 Å². The molecule has 1 saturated heterocycles. The maximum Gasteiger partial charge on any atom is 0.315 e. The average Bonchev–Trinajstić information content (AvgIpc) is 2.27. The minimum Gasteiger partial charge on any atom is -0.481 e. The highest BCUT2D eigenvalue weighted by Gasteiger charge is 2.29. The number of rotatable bonds is 3. The maximum absolute atomic E-state index is 11.6. The Labute approximate surface area is 109 Å². The van der Waals surface area contributed by atoms with Crippen LogP contribution in [0, 0.1) is 5.92 Å². The molecule has 0 aromatic rings. The van der Waals surface area contributed by atoms with E-state index in [0.717, 1.165) is 25.9 Å². The van der Waals surface area contributed by atoms with Gasteiger partial charge in [0.05, 0.1) is 0 Å². The first-order chi connectivity index (χ1) is 8.21. The number of likely N-dealkylation sites (tertiary alicyclic amines) is 1. The Morgan fingerprint density at radius 1 is 1.28 bits per heavy atom. The maximum atomic E-state index is 11.6. The first-order valence-corrected chi connectivity index (χ1v) is 6.50. The summed E-state index contributed by atoms with van der Waals surface area (Å²) < 4.78 is 0. The summed E-state index contributed by atoms with van der Waals surface area (Å²) in [6.07, 6.45) is 1.77. The van der Waals surface area contributed by atoms with Gasteiger partial charge in [0.1, 0.15) is 5.92 Å². The molecule has 1 atom stereocenters. The van der Waals surface area contributed by atoms with Gasteiger partial charge in [-0.1, -0.05) is 0 Å². The lowest BCUT2D eigenvalue weighted by atomic mass is 9.97. The third-order valence-corrected chi connectivity index (χ3v) is 3.55. The highest BCUT2D eigenvalue weighted by atomic mass is 16.4. The van der Waals surface area contributed by atoms with Gasteiger partial charge in [0.2, 0.25) is 5.91 Å². The zero-order valence-electron chi connectivity index (χ0n) is 11.7. The monoisotopic (exact) mass is 256 g/mol. The SMILES string of the molecule is CC(C(=O)O)C(=O)NC1CCN(C(C)(C)C)CC1. The van der Waals surface area contributed by atoms with Gasteiger partial charge in [-0.2, -0.15) is 0 Å². The van der Waals surface area contributed by atoms with Crippen LogP contribution in [0.3, 0.4) is 0 Å². The van der Waals surface area contributed by atoms with Crippen LogP contribution in [-0.4, -0.2) is 46.6 Å². The average molecular weight is 256 g/mol. The van der Waals surface area contributed by atoms with Gasteiger partial charge in [-0.3, -0.25) is 14.5 Å². The summed E-state index contributed by atoms with van der Waals surface area (Å²) in [5.41, 5.74) is 0.156. The molecule has 0 aromatic carbocycles. The standard InChI is InChI=1S/C13H24N2O3/c1-9(12(17)18)11(16)14-10-5-7-15(8-6-10)13(2,3)4/h9-10H,5-8H2,1-4H3,(H,14,16)(H,17,18). The number of aliphatic carboxylic acids is 1. The first kappa shape index (κ1) is 15.0. The van der Waals surface area contributed by atoms with E-state index in [1.54, 1.807) is 0 Å². The Bertz CT molecular complexity index is 315. The van der Waals surface area contributed by atoms with Gasteiger partial charge in [-0.05, 0) is 40.5 Å². The fourth-order valence-corrected chi connectivity index (χ4v) is 2.13. The summed E-state index contributed by atoms with van der Waals surface area (Å²) in [4.78, 5) is 24.7. The molecule has 18 heavy (non-hydrogen) atoms. The summed E-state index contributed by atoms with van der Waals surface area (Å²) in [5.74, 6) is -2.41. The quantitative estimate of drug-likeness (QED) is 0.742. The van der Waals surface area contributed by atoms with E-state index in [4.69, 9.17) is 5.11 Å². The number of carbonyl (C=O) groups excluding carboxylic acids is 1. The van der Waals surface area contributed by atoms with Gasteiger partial charge in [-0.25, -0.2) is 0 Å². The number of piperidine rings is 1. The van der Waals surface area contributed by atoms with Crippen LogP contribution in [0.4, 0.5) is 0 Å². The predicted octanol–water partition coefficient (Wildman–Crippen LogP) is 1.09. The molecule has 1 amide bonds. The van der Waals surface area contributed by atoms with Crippen LogP contribution in [0.5, 0.6) is 0 Å². The molecular weight excluding hydrogens is 232 g/mol. The molecule has 1 unspecified atom stereocenters. The van der Waals surface area contributed by atoms with Crippen molar-refractivity contribution < 1.29 is 14.7 Å². The predicted molar refractivity (Wildman–Crippen MR) is 69.3 cm³/mol. The van der Waals surface area contributed by atoms with Crippen molar-refractivity contribution in [1.29, 1.82) is 0 Å². The fraction of sp³-hybridized carbons (Fsp3) is 0.846. The third-order valence-electron chi connectivity index (χ3n) is 3.55. The van der Waals surface area contributed by atoms with Crippen molar-refractivity contribution in [2.75, 3.05) is 13.1 Å². The summed E-state index contributed by atoms with van der Waals surface area (Å²) >= 11 is 0. The van der Waals surface area contributed by atoms with Gasteiger partial charge < -0.3 is 10.4 Å². The van der Waals surface area contributed by atoms with Gasteiger partial charge in [0.25, 0.3) is 0 Å². The van der Waals surface area contributed by atoms with Crippen LogP contribution in [0.25, 0.3) is 0 Å². The van der Waals surface area contributed by atoms with E-state index < -0.39 is 11.9 Å². The molecule has 2 N–H and O–H groups in total. The summed E-state index contributed by atoms with van der Waals surface area (Å²) in [6, 6.07) is 0.109. The summed E-state index contributed by atoms with van der Waals surface area (Å²) in [6.45, 7) is 9.84. The van der Waals surface area contributed by atoms with Crippen molar-refractivity contribution in [3.63, 3.8) is 0 Å². The zero-order chi connectivity index (χ0) is 13.9. The molecule has 0 aliphatic carbocycles. The van der Waals surface area contributed by atoms with E-state index in [-0.39, 0.29) is 17.5 Å². The van der Waals surface area contributed by atoms with Gasteiger partial charge in [-0.15, -0.1) is 0 Å². The van der Waals surface area contributed by atoms with E-state index in [0.29, 0.717) is 0 Å². The van der Waals surface area contributed by atoms with Crippen molar-refractivity contribution in [1.82, 2.24) is 10.2 Å². The molecule has 0 radical (unpaired) electrons. The van der Waals surface area contributed by atoms with E-state index in [9.17, 15) is 9.59 Å². The lowest BCUT2D eigenvalue weighted by molar-refractivity contribution is -0.146. The highest BCUT2D eigenvalue weighted by Crippen LogP contribution is 2.20. The number of carbonyl (C=O) groups is 2. The van der Waals surface area contributed by atoms with Crippen LogP contribution in [0.15, 0.2) is 0 Å². The van der Waals surface area contributed by atoms with Crippen molar-refractivity contribution >= 4 is 11.9 Å². The number of hydrogen-bond acceptors (Lipinski definition) is 3. The van der Waals surface area contributed by atoms with Crippen LogP contribution < -0.4 is 5.32 Å². The fourth-order valence-electron chi connectivity index (χ4n) is 2.13. The summed E-state index contributed by atoms with van der Waals surface area (Å²) in [7, 11) is 0. The number of nitrogens with zero attached hydrogens (tertiary/aromatic N) is 1. The Hall–Kier alpha value is -1.10. The number of nitrogens with one attached hydrogen (secondary N) is 1. The Balaban J connectivity index is 2.40. The number of carboxylic acid groups (broad SMARTS) is 1. The summed E-state index contributed by atoms with van der Waals surface area (Å²) in [5, 5.41) is 11.6. The van der Waals surface area contributed by atoms with Crippen LogP contribution in [0.1, 0.15) is 40.5 Å². The van der Waals surface area contributed by atoms with Crippen LogP contribution in [0.2, 0.25) is 0 Å². The Morgan fingerprint density at radius 2 is 1.78 bits per heavy atom. The topological polar surface area (TPSA) is 69.6 Å². The van der Waals surface area contributed by atoms with Crippen LogP contribution in [-0.2, 0) is 9.59 Å². The first-order valence-electron chi connectivity index (χ1n) is 6.50. The molecule has 1 rings (SSSR count). The van der Waals surface area contributed by atoms with E-state index in [1.807, 2.05) is 0 Å². The Kier molecular flexibility index (Phi) is 4.73. The number of carboxylic acids is 1. The molecule has 1 heterocycles. The molecule has 5 nitrogen and oxygen atoms in total. The second kappa shape index (κ2) is 5.69. The largest absolute Gasteiger partial charge is 0.481 e. The normalized spacial score (nSPS) is 20.4. The molecule has 1 aliphatic heterocycles. The molecule has 0 spiro atoms. The van der Waals surface area contributed by atoms with Crippen molar-refractivity contribution in [2.45, 2.75) is 52.1 Å². The molecule has 5 heteroatoms. The molecule has 1 fully saturated rings. The molecular formula is C13H24N2O3. The van der Waals surface area contributed by atoms with Crippen molar-refractivity contribution in [2.24, 2.45) is 5.92 Å². The molecule has 104 valence electrons. The molecule has 0 saturated carbocycles. The van der Waals surface area contributed by atoms with Gasteiger partial charge in [0, 0.05) is 24.7 Å². The van der Waals surface area contributed by atoms with Crippen molar-refractivity contribution in [3.8, 4) is 0 Å². The zero-order valence-corrected chi connectivity index (χ0v) is 11.7. The van der Waals surface area contributed by atoms with E-state index in [2.05, 4.69) is 31.0 Å². The minimum absolute atomic E-state index is 0.109. The third kappa shape index (κ3) is 3.98. The molecule has 0 bridgehead atoms. The number of hydrogen-bond donors (Lipinski definition) is 2. The van der Waals surface area contributed by atoms with E-state index >= 15 is 0 Å². The Morgan fingerprint density at radius 3 is 2.17 bits per heavy atom. The lowest BCUT2D eigenvalue weighted by Crippen LogP contribution is -2.51. The minimum atomic E-state index is -1.07. The van der Waals surface area contributed by atoms with Crippen molar-refractivity contribution in [3.05, 3.63) is 0 Å². The molecule has 0 aromatic heterocycles. The second-order valence-electron chi connectivity index (χ2n) is 6.00. The molecule has 1 aliphatic rings. The highest BCUT2D eigenvalue weighted by molar-refractivity contribution is 5.96.